The molecule has 1 atom stereocenters. The summed E-state index contributed by atoms with van der Waals surface area (Å²) < 4.78 is 5.22. The van der Waals surface area contributed by atoms with Crippen LogP contribution in [0.2, 0.25) is 5.02 Å². The number of aliphatic hydroxyl groups is 1. The van der Waals surface area contributed by atoms with Gasteiger partial charge in [0.15, 0.2) is 0 Å². The molecule has 1 unspecified atom stereocenters. The first-order chi connectivity index (χ1) is 14.4. The van der Waals surface area contributed by atoms with Crippen LogP contribution < -0.4 is 4.74 Å². The number of hydrogen-bond donors (Lipinski definition) is 2. The number of carbonyl (C=O) groups is 2. The van der Waals surface area contributed by atoms with E-state index < -0.39 is 17.7 Å². The number of aromatic hydroxyl groups is 1. The fraction of sp³-hybridized carbons (Fsp3) is 0.304. The Hall–Kier alpha value is -2.99. The molecule has 1 amide bonds. The van der Waals surface area contributed by atoms with Crippen molar-refractivity contribution in [2.75, 3.05) is 7.11 Å². The van der Waals surface area contributed by atoms with Gasteiger partial charge >= 0.3 is 0 Å². The Morgan fingerprint density at radius 3 is 2.53 bits per heavy atom. The van der Waals surface area contributed by atoms with E-state index in [0.717, 1.165) is 25.7 Å². The number of nitrogens with zero attached hydrogens (tertiary/aromatic N) is 1. The van der Waals surface area contributed by atoms with Crippen LogP contribution >= 0.6 is 11.6 Å². The highest BCUT2D eigenvalue weighted by atomic mass is 35.5. The molecule has 0 aromatic heterocycles. The summed E-state index contributed by atoms with van der Waals surface area (Å²) in [7, 11) is 1.46. The fourth-order valence-electron chi connectivity index (χ4n) is 4.39. The van der Waals surface area contributed by atoms with E-state index >= 15 is 0 Å². The number of rotatable bonds is 4. The molecule has 0 bridgehead atoms. The van der Waals surface area contributed by atoms with E-state index in [1.807, 2.05) is 0 Å². The van der Waals surface area contributed by atoms with Crippen LogP contribution in [0.5, 0.6) is 11.5 Å². The largest absolute Gasteiger partial charge is 0.508 e. The van der Waals surface area contributed by atoms with Crippen molar-refractivity contribution in [3.8, 4) is 11.5 Å². The Morgan fingerprint density at radius 2 is 1.87 bits per heavy atom. The minimum Gasteiger partial charge on any atom is -0.508 e. The zero-order valence-corrected chi connectivity index (χ0v) is 17.2. The zero-order chi connectivity index (χ0) is 21.4. The predicted molar refractivity (Wildman–Crippen MR) is 113 cm³/mol. The average Bonchev–Trinajstić information content (AvgIpc) is 3.35. The first-order valence-corrected chi connectivity index (χ1v) is 10.2. The molecule has 1 saturated carbocycles. The molecule has 2 fully saturated rings. The number of aliphatic hydroxyl groups excluding tert-OH is 1. The van der Waals surface area contributed by atoms with Gasteiger partial charge in [-0.25, -0.2) is 0 Å². The molecule has 2 N–H and O–H groups in total. The highest BCUT2D eigenvalue weighted by Gasteiger charge is 2.49. The average molecular weight is 428 g/mol. The number of carbonyl (C=O) groups excluding carboxylic acids is 2. The van der Waals surface area contributed by atoms with Gasteiger partial charge in [-0.2, -0.15) is 0 Å². The lowest BCUT2D eigenvalue weighted by Gasteiger charge is -2.30. The van der Waals surface area contributed by atoms with Crippen LogP contribution in [0, 0.1) is 0 Å². The van der Waals surface area contributed by atoms with Crippen molar-refractivity contribution >= 4 is 29.1 Å². The van der Waals surface area contributed by atoms with Gasteiger partial charge in [-0.3, -0.25) is 9.59 Å². The Balaban J connectivity index is 1.90. The van der Waals surface area contributed by atoms with E-state index in [9.17, 15) is 19.8 Å². The summed E-state index contributed by atoms with van der Waals surface area (Å²) in [5, 5.41) is 21.5. The number of halogens is 1. The molecule has 6 nitrogen and oxygen atoms in total. The van der Waals surface area contributed by atoms with Crippen molar-refractivity contribution in [2.45, 2.75) is 37.8 Å². The van der Waals surface area contributed by atoms with Crippen LogP contribution in [0.4, 0.5) is 0 Å². The van der Waals surface area contributed by atoms with Crippen LogP contribution in [0.3, 0.4) is 0 Å². The lowest BCUT2D eigenvalue weighted by molar-refractivity contribution is -0.141. The number of ether oxygens (including phenoxy) is 1. The lowest BCUT2D eigenvalue weighted by Crippen LogP contribution is -2.37. The quantitative estimate of drug-likeness (QED) is 0.428. The van der Waals surface area contributed by atoms with Crippen LogP contribution in [-0.4, -0.2) is 40.0 Å². The molecular formula is C23H22ClNO5. The molecule has 2 aliphatic rings. The highest BCUT2D eigenvalue weighted by Crippen LogP contribution is 2.44. The summed E-state index contributed by atoms with van der Waals surface area (Å²) in [6.07, 6.45) is 3.57. The number of hydrogen-bond acceptors (Lipinski definition) is 5. The Labute approximate surface area is 179 Å². The van der Waals surface area contributed by atoms with Crippen LogP contribution in [0.15, 0.2) is 48.0 Å². The minimum absolute atomic E-state index is 0.00174. The second-order valence-corrected chi connectivity index (χ2v) is 8.00. The van der Waals surface area contributed by atoms with Crippen molar-refractivity contribution in [3.63, 3.8) is 0 Å². The van der Waals surface area contributed by atoms with Gasteiger partial charge < -0.3 is 19.8 Å². The van der Waals surface area contributed by atoms with Gasteiger partial charge in [0, 0.05) is 11.6 Å². The molecular weight excluding hydrogens is 406 g/mol. The van der Waals surface area contributed by atoms with Gasteiger partial charge in [0.2, 0.25) is 0 Å². The second kappa shape index (κ2) is 8.03. The summed E-state index contributed by atoms with van der Waals surface area (Å²) in [6.45, 7) is 0. The third kappa shape index (κ3) is 3.41. The van der Waals surface area contributed by atoms with E-state index in [4.69, 9.17) is 16.3 Å². The van der Waals surface area contributed by atoms with Crippen molar-refractivity contribution in [1.82, 2.24) is 4.90 Å². The first kappa shape index (κ1) is 20.3. The van der Waals surface area contributed by atoms with Crippen LogP contribution in [0.1, 0.15) is 42.9 Å². The molecule has 156 valence electrons. The summed E-state index contributed by atoms with van der Waals surface area (Å²) in [5.41, 5.74) is 0.899. The number of amides is 1. The van der Waals surface area contributed by atoms with Gasteiger partial charge in [-0.15, -0.1) is 0 Å². The molecule has 1 saturated heterocycles. The minimum atomic E-state index is -0.776. The van der Waals surface area contributed by atoms with Crippen molar-refractivity contribution in [2.24, 2.45) is 0 Å². The van der Waals surface area contributed by atoms with Gasteiger partial charge in [0.25, 0.3) is 11.7 Å². The maximum atomic E-state index is 13.0. The first-order valence-electron chi connectivity index (χ1n) is 9.85. The molecule has 2 aromatic rings. The molecule has 30 heavy (non-hydrogen) atoms. The highest BCUT2D eigenvalue weighted by molar-refractivity contribution is 6.46. The van der Waals surface area contributed by atoms with Crippen LogP contribution in [-0.2, 0) is 9.59 Å². The number of ketones is 1. The predicted octanol–water partition coefficient (Wildman–Crippen LogP) is 4.42. The molecule has 7 heteroatoms. The fourth-order valence-corrected chi connectivity index (χ4v) is 4.59. The van der Waals surface area contributed by atoms with E-state index in [-0.39, 0.29) is 23.1 Å². The number of phenols is 1. The Morgan fingerprint density at radius 1 is 1.13 bits per heavy atom. The number of Topliss-reactive ketones (excluding diaryl/α,β-unsaturated/α-hetero) is 1. The van der Waals surface area contributed by atoms with Gasteiger partial charge in [-0.05, 0) is 48.7 Å². The summed E-state index contributed by atoms with van der Waals surface area (Å²) in [5.74, 6) is -1.28. The van der Waals surface area contributed by atoms with Crippen molar-refractivity contribution in [1.29, 1.82) is 0 Å². The van der Waals surface area contributed by atoms with Gasteiger partial charge in [0.1, 0.15) is 17.3 Å². The van der Waals surface area contributed by atoms with Crippen molar-refractivity contribution < 1.29 is 24.5 Å². The monoisotopic (exact) mass is 427 g/mol. The lowest BCUT2D eigenvalue weighted by atomic mass is 9.94. The molecule has 1 aliphatic heterocycles. The topological polar surface area (TPSA) is 87.1 Å². The molecule has 0 radical (unpaired) electrons. The van der Waals surface area contributed by atoms with E-state index in [1.54, 1.807) is 29.2 Å². The standard InChI is InChI=1S/C23H22ClNO5/c1-30-18-12-14(9-10-17(18)24)21(27)19-20(13-5-4-8-16(26)11-13)25(23(29)22(19)28)15-6-2-3-7-15/h4-5,8-12,15,20,26-27H,2-3,6-7H2,1H3/b21-19-. The maximum absolute atomic E-state index is 13.0. The smallest absolute Gasteiger partial charge is 0.295 e. The summed E-state index contributed by atoms with van der Waals surface area (Å²) >= 11 is 6.08. The Bertz CT molecular complexity index is 1040. The number of benzene rings is 2. The zero-order valence-electron chi connectivity index (χ0n) is 16.5. The normalized spacial score (nSPS) is 21.4. The molecule has 1 aliphatic carbocycles. The van der Waals surface area contributed by atoms with Gasteiger partial charge in [-0.1, -0.05) is 36.6 Å². The number of methoxy groups -OCH3 is 1. The Kier molecular flexibility index (Phi) is 5.43. The van der Waals surface area contributed by atoms with Crippen LogP contribution in [0.25, 0.3) is 5.76 Å². The van der Waals surface area contributed by atoms with E-state index in [1.165, 1.54) is 25.3 Å². The third-order valence-corrected chi connectivity index (χ3v) is 6.12. The molecule has 0 spiro atoms. The maximum Gasteiger partial charge on any atom is 0.295 e. The van der Waals surface area contributed by atoms with E-state index in [0.29, 0.717) is 21.9 Å². The van der Waals surface area contributed by atoms with E-state index in [2.05, 4.69) is 0 Å². The summed E-state index contributed by atoms with van der Waals surface area (Å²) in [4.78, 5) is 27.6. The number of phenolic OH excluding ortho intramolecular Hbond substituents is 1. The molecule has 1 heterocycles. The third-order valence-electron chi connectivity index (χ3n) is 5.81. The number of likely N-dealkylation sites (tertiary alicyclic amines) is 1. The molecule has 4 rings (SSSR count). The summed E-state index contributed by atoms with van der Waals surface area (Å²) in [6, 6.07) is 10.2. The van der Waals surface area contributed by atoms with Crippen molar-refractivity contribution in [3.05, 3.63) is 64.2 Å². The SMILES string of the molecule is COc1cc(/C(O)=C2/C(=O)C(=O)N(C3CCCC3)C2c2cccc(O)c2)ccc1Cl. The molecule has 2 aromatic carbocycles. The second-order valence-electron chi connectivity index (χ2n) is 7.59. The van der Waals surface area contributed by atoms with Gasteiger partial charge in [0.05, 0.1) is 23.7 Å².